The summed E-state index contributed by atoms with van der Waals surface area (Å²) in [4.78, 5) is 28.8. The molecular weight excluding hydrogens is 708 g/mol. The molecule has 7 rings (SSSR count). The average molecular weight is 740 g/mol. The van der Waals surface area contributed by atoms with Gasteiger partial charge in [-0.1, -0.05) is 80.4 Å². The van der Waals surface area contributed by atoms with Gasteiger partial charge in [0.15, 0.2) is 11.6 Å². The van der Waals surface area contributed by atoms with Crippen LogP contribution in [0.1, 0.15) is 68.9 Å². The molecule has 0 saturated heterocycles. The minimum atomic E-state index is -0.213. The van der Waals surface area contributed by atoms with Crippen LogP contribution >= 0.6 is 31.9 Å². The lowest BCUT2D eigenvalue weighted by Crippen LogP contribution is -2.33. The van der Waals surface area contributed by atoms with E-state index in [0.717, 1.165) is 42.7 Å². The summed E-state index contributed by atoms with van der Waals surface area (Å²) in [7, 11) is 0. The van der Waals surface area contributed by atoms with Crippen molar-refractivity contribution in [3.63, 3.8) is 0 Å². The van der Waals surface area contributed by atoms with Crippen molar-refractivity contribution in [2.75, 3.05) is 23.8 Å². The third-order valence-corrected chi connectivity index (χ3v) is 10.2. The largest absolute Gasteiger partial charge is 0.493 e. The fraction of sp³-hybridized carbons (Fsp3) is 0.211. The highest BCUT2D eigenvalue weighted by Gasteiger charge is 2.38. The number of ether oxygens (including phenoxy) is 2. The molecule has 8 heteroatoms. The molecule has 0 amide bonds. The number of ketones is 2. The normalized spacial score (nSPS) is 21.0. The lowest BCUT2D eigenvalue weighted by Gasteiger charge is -2.37. The predicted molar refractivity (Wildman–Crippen MR) is 188 cm³/mol. The Morgan fingerprint density at radius 2 is 1.09 bits per heavy atom. The van der Waals surface area contributed by atoms with Gasteiger partial charge in [0, 0.05) is 54.4 Å². The molecular formula is C38H32Br2N2O4. The number of anilines is 2. The zero-order valence-corrected chi connectivity index (χ0v) is 28.6. The van der Waals surface area contributed by atoms with E-state index < -0.39 is 0 Å². The number of fused-ring (bicyclic) bond motifs is 4. The zero-order valence-electron chi connectivity index (χ0n) is 25.5. The molecule has 1 aliphatic carbocycles. The van der Waals surface area contributed by atoms with Gasteiger partial charge in [-0.25, -0.2) is 0 Å². The third kappa shape index (κ3) is 5.17. The van der Waals surface area contributed by atoms with Crippen molar-refractivity contribution in [2.45, 2.75) is 25.9 Å². The molecule has 4 atom stereocenters. The van der Waals surface area contributed by atoms with Crippen molar-refractivity contribution in [2.24, 2.45) is 11.8 Å². The minimum Gasteiger partial charge on any atom is -0.493 e. The van der Waals surface area contributed by atoms with Gasteiger partial charge < -0.3 is 20.1 Å². The van der Waals surface area contributed by atoms with Gasteiger partial charge in [0.2, 0.25) is 0 Å². The van der Waals surface area contributed by atoms with Crippen LogP contribution in [0, 0.1) is 11.8 Å². The van der Waals surface area contributed by atoms with E-state index in [2.05, 4.69) is 55.7 Å². The maximum Gasteiger partial charge on any atom is 0.196 e. The zero-order chi connectivity index (χ0) is 32.3. The lowest BCUT2D eigenvalue weighted by atomic mass is 9.80. The SMILES string of the molecule is C=C(C)C1COc2ccc(Br)cc2C1Nc1cccc2c1C(=O)c1cccc(NC3c4cc(Br)ccc4OCC3C(=C)C)c1C2=O. The standard InChI is InChI=1S/C38H32Br2N2O4/c1-19(2)27-17-45-31-13-11-21(39)15-25(31)35(27)41-29-9-5-7-23-33(29)37(43)24-8-6-10-30(34(24)38(23)44)42-36-26-16-22(40)12-14-32(26)46-18-28(36)20(3)4/h5-16,27-28,35-36,41-42H,1,3,17-18H2,2,4H3. The summed E-state index contributed by atoms with van der Waals surface area (Å²) in [6, 6.07) is 22.3. The van der Waals surface area contributed by atoms with Gasteiger partial charge in [-0.05, 0) is 62.4 Å². The Labute approximate surface area is 285 Å². The van der Waals surface area contributed by atoms with Gasteiger partial charge in [0.05, 0.1) is 36.4 Å². The maximum absolute atomic E-state index is 14.4. The molecule has 2 aliphatic heterocycles. The first kappa shape index (κ1) is 30.5. The van der Waals surface area contributed by atoms with Crippen LogP contribution < -0.4 is 20.1 Å². The fourth-order valence-electron chi connectivity index (χ4n) is 6.80. The van der Waals surface area contributed by atoms with Crippen molar-refractivity contribution >= 4 is 54.8 Å². The molecule has 4 aromatic rings. The molecule has 4 unspecified atom stereocenters. The summed E-state index contributed by atoms with van der Waals surface area (Å²) in [5.74, 6) is 1.08. The molecule has 232 valence electrons. The molecule has 3 aliphatic rings. The van der Waals surface area contributed by atoms with E-state index in [1.165, 1.54) is 0 Å². The first-order valence-electron chi connectivity index (χ1n) is 15.2. The molecule has 4 aromatic carbocycles. The van der Waals surface area contributed by atoms with Crippen molar-refractivity contribution in [1.29, 1.82) is 0 Å². The molecule has 0 bridgehead atoms. The molecule has 0 radical (unpaired) electrons. The monoisotopic (exact) mass is 738 g/mol. The number of nitrogens with one attached hydrogen (secondary N) is 2. The highest BCUT2D eigenvalue weighted by Crippen LogP contribution is 2.45. The number of hydrogen-bond donors (Lipinski definition) is 2. The highest BCUT2D eigenvalue weighted by molar-refractivity contribution is 9.10. The summed E-state index contributed by atoms with van der Waals surface area (Å²) in [6.07, 6.45) is 0. The van der Waals surface area contributed by atoms with Crippen molar-refractivity contribution in [1.82, 2.24) is 0 Å². The van der Waals surface area contributed by atoms with Gasteiger partial charge in [-0.3, -0.25) is 9.59 Å². The lowest BCUT2D eigenvalue weighted by molar-refractivity contribution is 0.0980. The van der Waals surface area contributed by atoms with E-state index in [1.54, 1.807) is 12.1 Å². The number of halogens is 2. The topological polar surface area (TPSA) is 76.7 Å². The van der Waals surface area contributed by atoms with E-state index >= 15 is 0 Å². The van der Waals surface area contributed by atoms with Crippen molar-refractivity contribution in [3.05, 3.63) is 139 Å². The summed E-state index contributed by atoms with van der Waals surface area (Å²) in [5, 5.41) is 7.28. The first-order valence-corrected chi connectivity index (χ1v) is 16.7. The Morgan fingerprint density at radius 3 is 1.48 bits per heavy atom. The van der Waals surface area contributed by atoms with Gasteiger partial charge in [0.1, 0.15) is 11.5 Å². The van der Waals surface area contributed by atoms with Crippen LogP contribution in [0.15, 0.2) is 106 Å². The Kier molecular flexibility index (Phi) is 7.89. The van der Waals surface area contributed by atoms with Gasteiger partial charge in [0.25, 0.3) is 0 Å². The second-order valence-corrected chi connectivity index (χ2v) is 14.1. The number of carbonyl (C=O) groups is 2. The van der Waals surface area contributed by atoms with E-state index in [0.29, 0.717) is 46.8 Å². The molecule has 2 heterocycles. The molecule has 0 saturated carbocycles. The Morgan fingerprint density at radius 1 is 0.674 bits per heavy atom. The van der Waals surface area contributed by atoms with Crippen LogP contribution in [0.4, 0.5) is 11.4 Å². The molecule has 0 fully saturated rings. The number of benzene rings is 4. The predicted octanol–water partition coefficient (Wildman–Crippen LogP) is 9.46. The molecule has 2 N–H and O–H groups in total. The minimum absolute atomic E-state index is 0.0428. The third-order valence-electron chi connectivity index (χ3n) is 9.22. The molecule has 6 nitrogen and oxygen atoms in total. The number of hydrogen-bond acceptors (Lipinski definition) is 6. The maximum atomic E-state index is 14.4. The van der Waals surface area contributed by atoms with Crippen LogP contribution in [0.2, 0.25) is 0 Å². The van der Waals surface area contributed by atoms with Gasteiger partial charge in [-0.15, -0.1) is 0 Å². The van der Waals surface area contributed by atoms with E-state index in [4.69, 9.17) is 9.47 Å². The first-order chi connectivity index (χ1) is 22.1. The average Bonchev–Trinajstić information content (AvgIpc) is 3.03. The van der Waals surface area contributed by atoms with E-state index in [-0.39, 0.29) is 35.5 Å². The molecule has 0 aromatic heterocycles. The summed E-state index contributed by atoms with van der Waals surface area (Å²) >= 11 is 7.19. The van der Waals surface area contributed by atoms with Crippen molar-refractivity contribution < 1.29 is 19.1 Å². The highest BCUT2D eigenvalue weighted by atomic mass is 79.9. The summed E-state index contributed by atoms with van der Waals surface area (Å²) in [5.41, 5.74) is 6.56. The van der Waals surface area contributed by atoms with Crippen molar-refractivity contribution in [3.8, 4) is 11.5 Å². The smallest absolute Gasteiger partial charge is 0.196 e. The second kappa shape index (κ2) is 11.9. The van der Waals surface area contributed by atoms with Gasteiger partial charge >= 0.3 is 0 Å². The van der Waals surface area contributed by atoms with Crippen LogP contribution in [-0.4, -0.2) is 24.8 Å². The Balaban J connectivity index is 1.29. The van der Waals surface area contributed by atoms with Crippen LogP contribution in [0.5, 0.6) is 11.5 Å². The quantitative estimate of drug-likeness (QED) is 0.169. The van der Waals surface area contributed by atoms with Crippen LogP contribution in [0.3, 0.4) is 0 Å². The molecule has 0 spiro atoms. The number of carbonyl (C=O) groups excluding carboxylic acids is 2. The fourth-order valence-corrected chi connectivity index (χ4v) is 7.56. The van der Waals surface area contributed by atoms with Crippen LogP contribution in [0.25, 0.3) is 0 Å². The van der Waals surface area contributed by atoms with E-state index in [9.17, 15) is 9.59 Å². The van der Waals surface area contributed by atoms with Crippen LogP contribution in [-0.2, 0) is 0 Å². The Hall–Kier alpha value is -4.14. The second-order valence-electron chi connectivity index (χ2n) is 12.3. The summed E-state index contributed by atoms with van der Waals surface area (Å²) < 4.78 is 14.0. The van der Waals surface area contributed by atoms with Gasteiger partial charge in [-0.2, -0.15) is 0 Å². The molecule has 46 heavy (non-hydrogen) atoms. The Bertz CT molecular complexity index is 1830. The number of rotatable bonds is 6. The summed E-state index contributed by atoms with van der Waals surface area (Å²) in [6.45, 7) is 13.3. The van der Waals surface area contributed by atoms with E-state index in [1.807, 2.05) is 74.5 Å².